The Bertz CT molecular complexity index is 575. The zero-order valence-corrected chi connectivity index (χ0v) is 10.8. The Labute approximate surface area is 111 Å². The average Bonchev–Trinajstić information content (AvgIpc) is 2.32. The van der Waals surface area contributed by atoms with Gasteiger partial charge in [0, 0.05) is 11.0 Å². The number of hydrogen-bond donors (Lipinski definition) is 2. The Kier molecular flexibility index (Phi) is 3.81. The first-order valence-corrected chi connectivity index (χ1v) is 6.02. The second-order valence-corrected chi connectivity index (χ2v) is 4.68. The summed E-state index contributed by atoms with van der Waals surface area (Å²) in [6.45, 7) is 0.274. The van der Waals surface area contributed by atoms with E-state index in [1.165, 1.54) is 18.2 Å². The summed E-state index contributed by atoms with van der Waals surface area (Å²) in [6, 6.07) is 8.70. The molecule has 0 atom stereocenters. The molecule has 0 saturated heterocycles. The van der Waals surface area contributed by atoms with Crippen LogP contribution in [0.3, 0.4) is 0 Å². The highest BCUT2D eigenvalue weighted by Crippen LogP contribution is 2.21. The van der Waals surface area contributed by atoms with Crippen molar-refractivity contribution >= 4 is 21.6 Å². The zero-order valence-electron chi connectivity index (χ0n) is 9.25. The number of nitrogens with one attached hydrogen (secondary N) is 1. The van der Waals surface area contributed by atoms with E-state index < -0.39 is 11.6 Å². The van der Waals surface area contributed by atoms with Gasteiger partial charge in [0.2, 0.25) is 0 Å². The Balaban J connectivity index is 2.09. The van der Waals surface area contributed by atoms with Crippen LogP contribution in [0.5, 0.6) is 5.75 Å². The Morgan fingerprint density at radius 3 is 2.50 bits per heavy atom. The third-order valence-corrected chi connectivity index (χ3v) is 2.92. The molecule has 94 valence electrons. The predicted molar refractivity (Wildman–Crippen MR) is 69.5 cm³/mol. The van der Waals surface area contributed by atoms with E-state index in [0.717, 1.165) is 0 Å². The Morgan fingerprint density at radius 1 is 1.06 bits per heavy atom. The van der Waals surface area contributed by atoms with Crippen LogP contribution in [0, 0.1) is 11.6 Å². The fraction of sp³-hybridized carbons (Fsp3) is 0.0769. The fourth-order valence-electron chi connectivity index (χ4n) is 1.49. The molecule has 0 fully saturated rings. The quantitative estimate of drug-likeness (QED) is 0.896. The zero-order chi connectivity index (χ0) is 13.1. The van der Waals surface area contributed by atoms with Gasteiger partial charge in [-0.2, -0.15) is 0 Å². The van der Waals surface area contributed by atoms with Crippen LogP contribution in [0.25, 0.3) is 0 Å². The van der Waals surface area contributed by atoms with Gasteiger partial charge in [-0.05, 0) is 35.9 Å². The van der Waals surface area contributed by atoms with Gasteiger partial charge in [0.1, 0.15) is 5.82 Å². The molecule has 2 aromatic carbocycles. The highest BCUT2D eigenvalue weighted by molar-refractivity contribution is 9.10. The van der Waals surface area contributed by atoms with Crippen LogP contribution in [0.2, 0.25) is 0 Å². The number of benzene rings is 2. The van der Waals surface area contributed by atoms with Crippen molar-refractivity contribution in [2.45, 2.75) is 6.54 Å². The highest BCUT2D eigenvalue weighted by atomic mass is 79.9. The summed E-state index contributed by atoms with van der Waals surface area (Å²) in [5, 5.41) is 11.9. The SMILES string of the molecule is Oc1ccc(CNc2ccc(Br)cc2F)cc1F. The van der Waals surface area contributed by atoms with Gasteiger partial charge in [-0.1, -0.05) is 22.0 Å². The first-order chi connectivity index (χ1) is 8.56. The molecule has 0 amide bonds. The van der Waals surface area contributed by atoms with Crippen molar-refractivity contribution in [1.29, 1.82) is 0 Å². The maximum Gasteiger partial charge on any atom is 0.165 e. The van der Waals surface area contributed by atoms with Gasteiger partial charge in [-0.15, -0.1) is 0 Å². The maximum atomic E-state index is 13.5. The highest BCUT2D eigenvalue weighted by Gasteiger charge is 2.04. The molecule has 0 aliphatic carbocycles. The lowest BCUT2D eigenvalue weighted by Gasteiger charge is -2.08. The average molecular weight is 314 g/mol. The summed E-state index contributed by atoms with van der Waals surface area (Å²) in [6.07, 6.45) is 0. The molecule has 0 radical (unpaired) electrons. The van der Waals surface area contributed by atoms with Crippen LogP contribution in [0.1, 0.15) is 5.56 Å². The largest absolute Gasteiger partial charge is 0.505 e. The van der Waals surface area contributed by atoms with Gasteiger partial charge < -0.3 is 10.4 Å². The van der Waals surface area contributed by atoms with Crippen molar-refractivity contribution in [1.82, 2.24) is 0 Å². The molecule has 18 heavy (non-hydrogen) atoms. The lowest BCUT2D eigenvalue weighted by Crippen LogP contribution is -2.01. The van der Waals surface area contributed by atoms with E-state index in [2.05, 4.69) is 21.2 Å². The molecule has 0 bridgehead atoms. The number of rotatable bonds is 3. The van der Waals surface area contributed by atoms with Crippen molar-refractivity contribution in [2.75, 3.05) is 5.32 Å². The summed E-state index contributed by atoms with van der Waals surface area (Å²) in [7, 11) is 0. The van der Waals surface area contributed by atoms with Gasteiger partial charge in [0.05, 0.1) is 5.69 Å². The molecule has 2 aromatic rings. The minimum Gasteiger partial charge on any atom is -0.505 e. The molecule has 0 aromatic heterocycles. The molecule has 2 nitrogen and oxygen atoms in total. The van der Waals surface area contributed by atoms with E-state index in [9.17, 15) is 8.78 Å². The van der Waals surface area contributed by atoms with E-state index in [0.29, 0.717) is 15.7 Å². The molecule has 2 N–H and O–H groups in total. The minimum absolute atomic E-state index is 0.274. The van der Waals surface area contributed by atoms with Crippen LogP contribution in [0.15, 0.2) is 40.9 Å². The van der Waals surface area contributed by atoms with Crippen molar-refractivity contribution in [3.05, 3.63) is 58.1 Å². The van der Waals surface area contributed by atoms with Crippen LogP contribution in [-0.4, -0.2) is 5.11 Å². The Hall–Kier alpha value is -1.62. The summed E-state index contributed by atoms with van der Waals surface area (Å²) < 4.78 is 27.2. The predicted octanol–water partition coefficient (Wildman–Crippen LogP) is 4.05. The van der Waals surface area contributed by atoms with Crippen molar-refractivity contribution in [2.24, 2.45) is 0 Å². The molecule has 0 unspecified atom stereocenters. The van der Waals surface area contributed by atoms with Crippen molar-refractivity contribution < 1.29 is 13.9 Å². The van der Waals surface area contributed by atoms with Gasteiger partial charge >= 0.3 is 0 Å². The molecule has 0 heterocycles. The standard InChI is InChI=1S/C13H10BrF2NO/c14-9-2-3-12(10(15)6-9)17-7-8-1-4-13(18)11(16)5-8/h1-6,17-18H,7H2. The third-order valence-electron chi connectivity index (χ3n) is 2.43. The molecule has 0 saturated carbocycles. The number of halogens is 3. The maximum absolute atomic E-state index is 13.5. The summed E-state index contributed by atoms with van der Waals surface area (Å²) in [5.74, 6) is -1.47. The lowest BCUT2D eigenvalue weighted by molar-refractivity contribution is 0.432. The van der Waals surface area contributed by atoms with Gasteiger partial charge in [-0.25, -0.2) is 8.78 Å². The Morgan fingerprint density at radius 2 is 1.83 bits per heavy atom. The van der Waals surface area contributed by atoms with Gasteiger partial charge in [0.15, 0.2) is 11.6 Å². The number of hydrogen-bond acceptors (Lipinski definition) is 2. The van der Waals surface area contributed by atoms with Crippen LogP contribution in [-0.2, 0) is 6.54 Å². The van der Waals surface area contributed by atoms with Crippen LogP contribution < -0.4 is 5.32 Å². The molecule has 2 rings (SSSR count). The second kappa shape index (κ2) is 5.35. The molecular formula is C13H10BrF2NO. The number of anilines is 1. The molecule has 0 aliphatic heterocycles. The third kappa shape index (κ3) is 2.98. The lowest BCUT2D eigenvalue weighted by atomic mass is 10.2. The summed E-state index contributed by atoms with van der Waals surface area (Å²) >= 11 is 3.16. The molecule has 5 heteroatoms. The first kappa shape index (κ1) is 12.8. The second-order valence-electron chi connectivity index (χ2n) is 3.76. The molecule has 0 aliphatic rings. The van der Waals surface area contributed by atoms with Crippen molar-refractivity contribution in [3.8, 4) is 5.75 Å². The fourth-order valence-corrected chi connectivity index (χ4v) is 1.82. The molecule has 0 spiro atoms. The normalized spacial score (nSPS) is 10.4. The monoisotopic (exact) mass is 313 g/mol. The number of phenolic OH excluding ortho intramolecular Hbond substituents is 1. The van der Waals surface area contributed by atoms with E-state index in [1.54, 1.807) is 18.2 Å². The number of aromatic hydroxyl groups is 1. The van der Waals surface area contributed by atoms with Gasteiger partial charge in [-0.3, -0.25) is 0 Å². The minimum atomic E-state index is -0.689. The topological polar surface area (TPSA) is 32.3 Å². The summed E-state index contributed by atoms with van der Waals surface area (Å²) in [4.78, 5) is 0. The van der Waals surface area contributed by atoms with Gasteiger partial charge in [0.25, 0.3) is 0 Å². The van der Waals surface area contributed by atoms with E-state index in [4.69, 9.17) is 5.11 Å². The van der Waals surface area contributed by atoms with Crippen molar-refractivity contribution in [3.63, 3.8) is 0 Å². The van der Waals surface area contributed by atoms with E-state index in [-0.39, 0.29) is 12.4 Å². The summed E-state index contributed by atoms with van der Waals surface area (Å²) in [5.41, 5.74) is 0.958. The van der Waals surface area contributed by atoms with Crippen LogP contribution in [0.4, 0.5) is 14.5 Å². The van der Waals surface area contributed by atoms with E-state index >= 15 is 0 Å². The molecular weight excluding hydrogens is 304 g/mol. The first-order valence-electron chi connectivity index (χ1n) is 5.22. The number of phenols is 1. The smallest absolute Gasteiger partial charge is 0.165 e. The van der Waals surface area contributed by atoms with E-state index in [1.807, 2.05) is 0 Å². The van der Waals surface area contributed by atoms with Crippen LogP contribution >= 0.6 is 15.9 Å².